The summed E-state index contributed by atoms with van der Waals surface area (Å²) in [5.41, 5.74) is 0.458. The highest BCUT2D eigenvalue weighted by molar-refractivity contribution is 5.25. The molecular weight excluding hydrogens is 84.1 g/mol. The molecule has 1 spiro atoms. The van der Waals surface area contributed by atoms with E-state index in [0.717, 1.165) is 0 Å². The fourth-order valence-electron chi connectivity index (χ4n) is 1.03. The molecule has 1 radical (unpaired) electrons. The summed E-state index contributed by atoms with van der Waals surface area (Å²) < 4.78 is 0. The normalized spacial score (nSPS) is 29.7. The van der Waals surface area contributed by atoms with Crippen molar-refractivity contribution < 1.29 is 0 Å². The predicted molar refractivity (Wildman–Crippen MR) is 28.6 cm³/mol. The van der Waals surface area contributed by atoms with Crippen molar-refractivity contribution in [3.05, 3.63) is 24.3 Å². The van der Waals surface area contributed by atoms with Crippen molar-refractivity contribution in [3.63, 3.8) is 0 Å². The first-order valence-corrected chi connectivity index (χ1v) is 2.68. The third-order valence-electron chi connectivity index (χ3n) is 1.77. The summed E-state index contributed by atoms with van der Waals surface area (Å²) in [6.07, 6.45) is 12.3. The fraction of sp³-hybridized carbons (Fsp3) is 0.429. The topological polar surface area (TPSA) is 0 Å². The standard InChI is InChI=1S/C7H7/c1-3-7(4-1)5-2-6-7/h1-3H,4-5H2. The lowest BCUT2D eigenvalue weighted by molar-refractivity contribution is 0.400. The molecule has 2 aliphatic rings. The van der Waals surface area contributed by atoms with Gasteiger partial charge >= 0.3 is 0 Å². The van der Waals surface area contributed by atoms with Crippen LogP contribution in [-0.4, -0.2) is 0 Å². The largest absolute Gasteiger partial charge is 0.0864 e. The zero-order valence-electron chi connectivity index (χ0n) is 4.15. The van der Waals surface area contributed by atoms with Gasteiger partial charge in [0, 0.05) is 5.41 Å². The smallest absolute Gasteiger partial charge is 0.0201 e. The Morgan fingerprint density at radius 1 is 1.43 bits per heavy atom. The van der Waals surface area contributed by atoms with E-state index in [-0.39, 0.29) is 0 Å². The van der Waals surface area contributed by atoms with Crippen LogP contribution in [0.5, 0.6) is 0 Å². The minimum atomic E-state index is 0.458. The lowest BCUT2D eigenvalue weighted by Gasteiger charge is -2.36. The molecule has 35 valence electrons. The lowest BCUT2D eigenvalue weighted by atomic mass is 9.67. The summed E-state index contributed by atoms with van der Waals surface area (Å²) >= 11 is 0. The van der Waals surface area contributed by atoms with Gasteiger partial charge in [-0.05, 0) is 18.9 Å². The van der Waals surface area contributed by atoms with E-state index in [9.17, 15) is 0 Å². The van der Waals surface area contributed by atoms with Crippen molar-refractivity contribution in [2.45, 2.75) is 12.8 Å². The summed E-state index contributed by atoms with van der Waals surface area (Å²) in [6, 6.07) is 0. The van der Waals surface area contributed by atoms with Gasteiger partial charge in [0.25, 0.3) is 0 Å². The second kappa shape index (κ2) is 0.835. The van der Waals surface area contributed by atoms with Crippen LogP contribution >= 0.6 is 0 Å². The van der Waals surface area contributed by atoms with Gasteiger partial charge in [0.05, 0.1) is 0 Å². The third-order valence-corrected chi connectivity index (χ3v) is 1.77. The molecule has 0 nitrogen and oxygen atoms in total. The first-order valence-electron chi connectivity index (χ1n) is 2.68. The van der Waals surface area contributed by atoms with E-state index in [1.165, 1.54) is 12.8 Å². The molecule has 0 fully saturated rings. The van der Waals surface area contributed by atoms with Crippen LogP contribution in [0, 0.1) is 11.5 Å². The Balaban J connectivity index is 2.32. The maximum Gasteiger partial charge on any atom is 0.0201 e. The van der Waals surface area contributed by atoms with Gasteiger partial charge in [-0.25, -0.2) is 0 Å². The molecule has 1 atom stereocenters. The Morgan fingerprint density at radius 2 is 2.14 bits per heavy atom. The monoisotopic (exact) mass is 91.1 g/mol. The number of allylic oxidation sites excluding steroid dienone is 4. The fourth-order valence-corrected chi connectivity index (χ4v) is 1.03. The SMILES string of the molecule is [C]1=CCC12C=CC2. The van der Waals surface area contributed by atoms with Crippen molar-refractivity contribution in [1.29, 1.82) is 0 Å². The molecule has 0 bridgehead atoms. The van der Waals surface area contributed by atoms with Gasteiger partial charge in [-0.15, -0.1) is 0 Å². The van der Waals surface area contributed by atoms with Crippen LogP contribution < -0.4 is 0 Å². The van der Waals surface area contributed by atoms with Crippen molar-refractivity contribution >= 4 is 0 Å². The van der Waals surface area contributed by atoms with Gasteiger partial charge in [-0.3, -0.25) is 0 Å². The minimum Gasteiger partial charge on any atom is -0.0864 e. The van der Waals surface area contributed by atoms with Crippen LogP contribution in [0.25, 0.3) is 0 Å². The molecule has 2 aliphatic carbocycles. The van der Waals surface area contributed by atoms with E-state index in [0.29, 0.717) is 5.41 Å². The van der Waals surface area contributed by atoms with Crippen molar-refractivity contribution in [1.82, 2.24) is 0 Å². The highest BCUT2D eigenvalue weighted by Gasteiger charge is 2.32. The molecule has 7 heavy (non-hydrogen) atoms. The maximum atomic E-state index is 3.25. The van der Waals surface area contributed by atoms with Crippen LogP contribution in [0.1, 0.15) is 12.8 Å². The summed E-state index contributed by atoms with van der Waals surface area (Å²) in [5.74, 6) is 0. The molecule has 0 heterocycles. The molecule has 0 aromatic rings. The van der Waals surface area contributed by atoms with Crippen molar-refractivity contribution in [2.24, 2.45) is 5.41 Å². The Morgan fingerprint density at radius 3 is 2.14 bits per heavy atom. The number of hydrogen-bond donors (Lipinski definition) is 0. The van der Waals surface area contributed by atoms with E-state index >= 15 is 0 Å². The molecule has 0 aromatic carbocycles. The molecule has 0 saturated heterocycles. The van der Waals surface area contributed by atoms with Gasteiger partial charge in [0.1, 0.15) is 0 Å². The zero-order valence-corrected chi connectivity index (χ0v) is 4.15. The summed E-state index contributed by atoms with van der Waals surface area (Å²) in [7, 11) is 0. The Hall–Kier alpha value is -0.520. The average molecular weight is 91.1 g/mol. The Labute approximate surface area is 43.5 Å². The molecular formula is C7H7. The summed E-state index contributed by atoms with van der Waals surface area (Å²) in [6.45, 7) is 0. The molecule has 0 aromatic heterocycles. The van der Waals surface area contributed by atoms with Gasteiger partial charge in [0.2, 0.25) is 0 Å². The van der Waals surface area contributed by atoms with Crippen LogP contribution in [-0.2, 0) is 0 Å². The van der Waals surface area contributed by atoms with Crippen LogP contribution in [0.15, 0.2) is 18.2 Å². The molecule has 2 rings (SSSR count). The van der Waals surface area contributed by atoms with Gasteiger partial charge < -0.3 is 0 Å². The predicted octanol–water partition coefficient (Wildman–Crippen LogP) is 1.70. The molecule has 0 N–H and O–H groups in total. The van der Waals surface area contributed by atoms with Crippen LogP contribution in [0.2, 0.25) is 0 Å². The average Bonchev–Trinajstić information content (AvgIpc) is 1.20. The van der Waals surface area contributed by atoms with Gasteiger partial charge in [0.15, 0.2) is 0 Å². The first kappa shape index (κ1) is 3.48. The van der Waals surface area contributed by atoms with Crippen LogP contribution in [0.4, 0.5) is 0 Å². The highest BCUT2D eigenvalue weighted by Crippen LogP contribution is 2.43. The van der Waals surface area contributed by atoms with Gasteiger partial charge in [-0.2, -0.15) is 0 Å². The van der Waals surface area contributed by atoms with Crippen LogP contribution in [0.3, 0.4) is 0 Å². The quantitative estimate of drug-likeness (QED) is 0.398. The molecule has 0 amide bonds. The molecule has 0 saturated carbocycles. The number of hydrogen-bond acceptors (Lipinski definition) is 0. The van der Waals surface area contributed by atoms with Crippen molar-refractivity contribution in [3.8, 4) is 0 Å². The van der Waals surface area contributed by atoms with Gasteiger partial charge in [-0.1, -0.05) is 18.2 Å². The van der Waals surface area contributed by atoms with E-state index in [2.05, 4.69) is 24.3 Å². The first-order chi connectivity index (χ1) is 3.41. The molecule has 0 heteroatoms. The molecule has 1 unspecified atom stereocenters. The Bertz CT molecular complexity index is 122. The lowest BCUT2D eigenvalue weighted by Crippen LogP contribution is -2.25. The second-order valence-corrected chi connectivity index (χ2v) is 2.32. The highest BCUT2D eigenvalue weighted by atomic mass is 14.4. The number of rotatable bonds is 0. The van der Waals surface area contributed by atoms with Crippen molar-refractivity contribution in [2.75, 3.05) is 0 Å². The minimum absolute atomic E-state index is 0.458. The third kappa shape index (κ3) is 0.277. The summed E-state index contributed by atoms with van der Waals surface area (Å²) in [5, 5.41) is 0. The summed E-state index contributed by atoms with van der Waals surface area (Å²) in [4.78, 5) is 0. The van der Waals surface area contributed by atoms with E-state index < -0.39 is 0 Å². The van der Waals surface area contributed by atoms with E-state index in [4.69, 9.17) is 0 Å². The zero-order chi connectivity index (χ0) is 4.74. The Kier molecular flexibility index (Phi) is 0.415. The van der Waals surface area contributed by atoms with E-state index in [1.807, 2.05) is 0 Å². The molecule has 0 aliphatic heterocycles. The maximum absolute atomic E-state index is 3.25. The second-order valence-electron chi connectivity index (χ2n) is 2.32. The van der Waals surface area contributed by atoms with E-state index in [1.54, 1.807) is 0 Å².